The fourth-order valence-corrected chi connectivity index (χ4v) is 8.57. The Balaban J connectivity index is 0.000000301. The summed E-state index contributed by atoms with van der Waals surface area (Å²) in [7, 11) is 0. The van der Waals surface area contributed by atoms with E-state index >= 15 is 0 Å². The molecule has 4 heteroatoms. The molecule has 0 aliphatic carbocycles. The molecule has 12 aromatic rings. The van der Waals surface area contributed by atoms with Crippen LogP contribution in [0.15, 0.2) is 291 Å². The Hall–Kier alpha value is -8.49. The van der Waals surface area contributed by atoms with Crippen molar-refractivity contribution in [2.75, 3.05) is 14.7 Å². The van der Waals surface area contributed by atoms with Crippen LogP contribution in [-0.2, 0) is 21.1 Å². The van der Waals surface area contributed by atoms with Gasteiger partial charge < -0.3 is 14.7 Å². The zero-order valence-corrected chi connectivity index (χ0v) is 41.4. The summed E-state index contributed by atoms with van der Waals surface area (Å²) in [4.78, 5) is 6.93. The van der Waals surface area contributed by atoms with E-state index in [9.17, 15) is 0 Å². The molecule has 0 saturated heterocycles. The van der Waals surface area contributed by atoms with Crippen molar-refractivity contribution >= 4 is 83.5 Å². The normalized spacial score (nSPS) is 10.5. The van der Waals surface area contributed by atoms with Crippen LogP contribution in [0.1, 0.15) is 0 Å². The van der Waals surface area contributed by atoms with Gasteiger partial charge in [0.2, 0.25) is 0 Å². The molecular formula is C66H48N3W-3. The SMILES string of the molecule is [W].[c-]1ccc(N(c2ccc(N(c3ccccc3)c3ccc4ccccc4c3)cc2)c2ccc(N(c3ccccc3)c3ccc4ccccc4c3)cc2)cc1.[c-]1ccc2ccccc2c1.[c-]1ccccc1. The molecule has 0 N–H and O–H groups in total. The number of para-hydroxylation sites is 2. The summed E-state index contributed by atoms with van der Waals surface area (Å²) in [6.07, 6.45) is 0. The molecule has 0 unspecified atom stereocenters. The minimum absolute atomic E-state index is 0. The van der Waals surface area contributed by atoms with Gasteiger partial charge in [-0.15, -0.1) is 29.0 Å². The zero-order valence-electron chi connectivity index (χ0n) is 38.5. The second kappa shape index (κ2) is 23.0. The van der Waals surface area contributed by atoms with Gasteiger partial charge >= 0.3 is 0 Å². The van der Waals surface area contributed by atoms with E-state index in [1.165, 1.54) is 32.3 Å². The second-order valence-electron chi connectivity index (χ2n) is 16.4. The first-order valence-electron chi connectivity index (χ1n) is 23.2. The molecule has 0 fully saturated rings. The van der Waals surface area contributed by atoms with Crippen molar-refractivity contribution in [2.45, 2.75) is 0 Å². The van der Waals surface area contributed by atoms with Gasteiger partial charge in [0.25, 0.3) is 0 Å². The molecule has 0 aliphatic rings. The maximum Gasteiger partial charge on any atom is 0.0468 e. The van der Waals surface area contributed by atoms with Crippen LogP contribution in [0.3, 0.4) is 0 Å². The topological polar surface area (TPSA) is 9.72 Å². The molecule has 70 heavy (non-hydrogen) atoms. The predicted octanol–water partition coefficient (Wildman–Crippen LogP) is 18.3. The minimum Gasteiger partial charge on any atom is -0.334 e. The van der Waals surface area contributed by atoms with Crippen molar-refractivity contribution in [3.8, 4) is 0 Å². The molecule has 12 rings (SSSR count). The number of hydrogen-bond donors (Lipinski definition) is 0. The van der Waals surface area contributed by atoms with Gasteiger partial charge in [-0.2, -0.15) is 78.9 Å². The fraction of sp³-hybridized carbons (Fsp3) is 0. The molecule has 0 aliphatic heterocycles. The standard InChI is InChI=1S/C50H36N3.C10H7.C6H5.W/c1-4-18-42(19-5-1)51(45-28-32-47(33-29-45)52(43-20-6-2-7-21-43)49-26-24-38-14-10-12-16-40(38)36-49)46-30-34-48(35-31-46)53(44-22-8-3-9-23-44)50-27-25-39-15-11-13-17-41(39)37-50;1-2-6-10-8-4-3-7-9(10)5-1;1-2-4-6-5-3-1;/h2-37H;1-3,5-8H;1-5H;/q3*-1;. The summed E-state index contributed by atoms with van der Waals surface area (Å²) in [5.74, 6) is 0. The van der Waals surface area contributed by atoms with Crippen LogP contribution in [-0.4, -0.2) is 0 Å². The number of anilines is 9. The quantitative estimate of drug-likeness (QED) is 0.133. The van der Waals surface area contributed by atoms with Crippen molar-refractivity contribution in [2.24, 2.45) is 0 Å². The van der Waals surface area contributed by atoms with Crippen LogP contribution < -0.4 is 14.7 Å². The molecule has 3 nitrogen and oxygen atoms in total. The third-order valence-corrected chi connectivity index (χ3v) is 11.9. The molecule has 0 spiro atoms. The van der Waals surface area contributed by atoms with Gasteiger partial charge in [-0.05, 0) is 119 Å². The number of benzene rings is 12. The molecule has 0 amide bonds. The van der Waals surface area contributed by atoms with Crippen LogP contribution in [0.25, 0.3) is 32.3 Å². The monoisotopic (exact) mass is 1070 g/mol. The largest absolute Gasteiger partial charge is 0.334 e. The van der Waals surface area contributed by atoms with E-state index in [0.717, 1.165) is 51.2 Å². The maximum absolute atomic E-state index is 3.20. The van der Waals surface area contributed by atoms with E-state index < -0.39 is 0 Å². The van der Waals surface area contributed by atoms with Crippen molar-refractivity contribution in [1.82, 2.24) is 0 Å². The van der Waals surface area contributed by atoms with Crippen molar-refractivity contribution in [1.29, 1.82) is 0 Å². The van der Waals surface area contributed by atoms with Gasteiger partial charge in [0, 0.05) is 66.6 Å². The van der Waals surface area contributed by atoms with Gasteiger partial charge in [0.15, 0.2) is 0 Å². The maximum atomic E-state index is 3.20. The molecule has 0 heterocycles. The smallest absolute Gasteiger partial charge is 0.0468 e. The van der Waals surface area contributed by atoms with Gasteiger partial charge in [-0.25, -0.2) is 0 Å². The molecule has 0 radical (unpaired) electrons. The first-order chi connectivity index (χ1) is 34.2. The first-order valence-corrected chi connectivity index (χ1v) is 23.2. The summed E-state index contributed by atoms with van der Waals surface area (Å²) in [6.45, 7) is 0. The third kappa shape index (κ3) is 11.1. The van der Waals surface area contributed by atoms with Crippen LogP contribution in [0.2, 0.25) is 0 Å². The van der Waals surface area contributed by atoms with Gasteiger partial charge in [0.1, 0.15) is 0 Å². The molecule has 12 aromatic carbocycles. The van der Waals surface area contributed by atoms with Gasteiger partial charge in [0.05, 0.1) is 0 Å². The van der Waals surface area contributed by atoms with E-state index in [1.807, 2.05) is 66.7 Å². The number of nitrogens with zero attached hydrogens (tertiary/aromatic N) is 3. The van der Waals surface area contributed by atoms with E-state index in [4.69, 9.17) is 0 Å². The van der Waals surface area contributed by atoms with Crippen molar-refractivity contribution in [3.63, 3.8) is 0 Å². The Morgan fingerprint density at radius 3 is 0.900 bits per heavy atom. The van der Waals surface area contributed by atoms with Gasteiger partial charge in [-0.1, -0.05) is 121 Å². The Kier molecular flexibility index (Phi) is 15.3. The molecule has 0 bridgehead atoms. The Labute approximate surface area is 426 Å². The number of rotatable bonds is 9. The summed E-state index contributed by atoms with van der Waals surface area (Å²) in [5.41, 5.74) is 9.80. The number of fused-ring (bicyclic) bond motifs is 3. The van der Waals surface area contributed by atoms with E-state index in [0.29, 0.717) is 0 Å². The first kappa shape index (κ1) is 46.6. The van der Waals surface area contributed by atoms with E-state index in [1.54, 1.807) is 0 Å². The Bertz CT molecular complexity index is 3240. The van der Waals surface area contributed by atoms with Crippen molar-refractivity contribution in [3.05, 3.63) is 309 Å². The van der Waals surface area contributed by atoms with E-state index in [2.05, 4.69) is 257 Å². The minimum atomic E-state index is 0. The third-order valence-electron chi connectivity index (χ3n) is 11.9. The molecule has 0 aromatic heterocycles. The summed E-state index contributed by atoms with van der Waals surface area (Å²) < 4.78 is 0. The Morgan fingerprint density at radius 2 is 0.500 bits per heavy atom. The van der Waals surface area contributed by atoms with Crippen LogP contribution in [0.4, 0.5) is 51.2 Å². The van der Waals surface area contributed by atoms with Crippen LogP contribution in [0.5, 0.6) is 0 Å². The van der Waals surface area contributed by atoms with Crippen LogP contribution >= 0.6 is 0 Å². The summed E-state index contributed by atoms with van der Waals surface area (Å²) >= 11 is 0. The zero-order chi connectivity index (χ0) is 46.5. The predicted molar refractivity (Wildman–Crippen MR) is 292 cm³/mol. The summed E-state index contributed by atoms with van der Waals surface area (Å²) in [6, 6.07) is 110. The average molecular weight is 1070 g/mol. The van der Waals surface area contributed by atoms with E-state index in [-0.39, 0.29) is 21.1 Å². The summed E-state index contributed by atoms with van der Waals surface area (Å²) in [5, 5.41) is 7.41. The molecule has 0 saturated carbocycles. The molecular weight excluding hydrogens is 1020 g/mol. The molecule has 0 atom stereocenters. The fourth-order valence-electron chi connectivity index (χ4n) is 8.57. The average Bonchev–Trinajstić information content (AvgIpc) is 3.44. The van der Waals surface area contributed by atoms with Crippen molar-refractivity contribution < 1.29 is 21.1 Å². The number of hydrogen-bond acceptors (Lipinski definition) is 3. The van der Waals surface area contributed by atoms with Crippen LogP contribution in [0, 0.1) is 18.2 Å². The van der Waals surface area contributed by atoms with Gasteiger partial charge in [-0.3, -0.25) is 0 Å². The second-order valence-corrected chi connectivity index (χ2v) is 16.4. The Morgan fingerprint density at radius 1 is 0.200 bits per heavy atom. The molecule has 336 valence electrons.